The molecule has 1 aromatic heterocycles. The summed E-state index contributed by atoms with van der Waals surface area (Å²) in [5.74, 6) is -0.145. The second kappa shape index (κ2) is 5.46. The minimum atomic E-state index is -0.145. The Labute approximate surface area is 115 Å². The maximum Gasteiger partial charge on any atom is 0.304 e. The SMILES string of the molecule is O=C(NCc1csc(=O)[nH]1)c1ccc(I)cc1. The van der Waals surface area contributed by atoms with Crippen LogP contribution in [0.3, 0.4) is 0 Å². The fourth-order valence-corrected chi connectivity index (χ4v) is 2.22. The predicted molar refractivity (Wildman–Crippen MR) is 75.3 cm³/mol. The molecular formula is C11H9IN2O2S. The molecule has 1 amide bonds. The van der Waals surface area contributed by atoms with Gasteiger partial charge in [0.2, 0.25) is 0 Å². The molecule has 17 heavy (non-hydrogen) atoms. The molecule has 0 aliphatic rings. The van der Waals surface area contributed by atoms with Crippen molar-refractivity contribution in [2.75, 3.05) is 0 Å². The number of aromatic amines is 1. The minimum Gasteiger partial charge on any atom is -0.346 e. The van der Waals surface area contributed by atoms with Crippen LogP contribution >= 0.6 is 33.9 Å². The van der Waals surface area contributed by atoms with Crippen molar-refractivity contribution in [1.29, 1.82) is 0 Å². The van der Waals surface area contributed by atoms with E-state index in [2.05, 4.69) is 32.9 Å². The lowest BCUT2D eigenvalue weighted by atomic mass is 10.2. The van der Waals surface area contributed by atoms with Gasteiger partial charge in [0, 0.05) is 20.2 Å². The first-order valence-corrected chi connectivity index (χ1v) is 6.81. The number of nitrogens with one attached hydrogen (secondary N) is 2. The molecular weight excluding hydrogens is 351 g/mol. The number of hydrogen-bond donors (Lipinski definition) is 2. The van der Waals surface area contributed by atoms with Gasteiger partial charge in [0.1, 0.15) is 0 Å². The highest BCUT2D eigenvalue weighted by Crippen LogP contribution is 2.06. The third kappa shape index (κ3) is 3.40. The molecule has 2 N–H and O–H groups in total. The molecule has 2 aromatic rings. The molecule has 0 saturated heterocycles. The Morgan fingerprint density at radius 3 is 2.65 bits per heavy atom. The fraction of sp³-hybridized carbons (Fsp3) is 0.0909. The van der Waals surface area contributed by atoms with Crippen LogP contribution in [-0.4, -0.2) is 10.9 Å². The molecule has 0 saturated carbocycles. The number of benzene rings is 1. The van der Waals surface area contributed by atoms with E-state index < -0.39 is 0 Å². The standard InChI is InChI=1S/C11H9IN2O2S/c12-8-3-1-7(2-4-8)10(15)13-5-9-6-17-11(16)14-9/h1-4,6H,5H2,(H,13,15)(H,14,16). The summed E-state index contributed by atoms with van der Waals surface area (Å²) in [5, 5.41) is 4.45. The molecule has 0 atom stereocenters. The normalized spacial score (nSPS) is 10.2. The summed E-state index contributed by atoms with van der Waals surface area (Å²) in [4.78, 5) is 25.2. The maximum atomic E-state index is 11.7. The van der Waals surface area contributed by atoms with Gasteiger partial charge in [-0.05, 0) is 46.9 Å². The zero-order chi connectivity index (χ0) is 12.3. The van der Waals surface area contributed by atoms with Crippen molar-refractivity contribution in [1.82, 2.24) is 10.3 Å². The molecule has 2 rings (SSSR count). The summed E-state index contributed by atoms with van der Waals surface area (Å²) in [6.45, 7) is 0.337. The monoisotopic (exact) mass is 360 g/mol. The zero-order valence-electron chi connectivity index (χ0n) is 8.70. The van der Waals surface area contributed by atoms with Crippen molar-refractivity contribution in [3.05, 3.63) is 54.1 Å². The quantitative estimate of drug-likeness (QED) is 0.823. The van der Waals surface area contributed by atoms with Gasteiger partial charge in [0.25, 0.3) is 5.91 Å². The first-order valence-electron chi connectivity index (χ1n) is 4.85. The van der Waals surface area contributed by atoms with Crippen LogP contribution in [0.2, 0.25) is 0 Å². The zero-order valence-corrected chi connectivity index (χ0v) is 11.7. The molecule has 4 nitrogen and oxygen atoms in total. The van der Waals surface area contributed by atoms with Crippen molar-refractivity contribution in [2.45, 2.75) is 6.54 Å². The van der Waals surface area contributed by atoms with Crippen molar-refractivity contribution < 1.29 is 4.79 Å². The Balaban J connectivity index is 1.98. The van der Waals surface area contributed by atoms with Crippen LogP contribution in [0, 0.1) is 3.57 Å². The molecule has 0 radical (unpaired) electrons. The third-order valence-corrected chi connectivity index (χ3v) is 3.55. The largest absolute Gasteiger partial charge is 0.346 e. The van der Waals surface area contributed by atoms with Crippen molar-refractivity contribution in [2.24, 2.45) is 0 Å². The summed E-state index contributed by atoms with van der Waals surface area (Å²) in [6.07, 6.45) is 0. The lowest BCUT2D eigenvalue weighted by molar-refractivity contribution is 0.0950. The maximum absolute atomic E-state index is 11.7. The lowest BCUT2D eigenvalue weighted by Crippen LogP contribution is -2.23. The summed E-state index contributed by atoms with van der Waals surface area (Å²) in [5.41, 5.74) is 1.34. The summed E-state index contributed by atoms with van der Waals surface area (Å²) < 4.78 is 1.08. The van der Waals surface area contributed by atoms with Crippen LogP contribution in [0.15, 0.2) is 34.4 Å². The van der Waals surface area contributed by atoms with Gasteiger partial charge in [-0.2, -0.15) is 0 Å². The van der Waals surface area contributed by atoms with E-state index in [1.165, 1.54) is 0 Å². The number of thiazole rings is 1. The van der Waals surface area contributed by atoms with E-state index in [0.717, 1.165) is 20.6 Å². The first-order chi connectivity index (χ1) is 8.15. The number of aromatic nitrogens is 1. The Morgan fingerprint density at radius 1 is 1.35 bits per heavy atom. The summed E-state index contributed by atoms with van der Waals surface area (Å²) in [7, 11) is 0. The number of halogens is 1. The van der Waals surface area contributed by atoms with E-state index in [1.54, 1.807) is 17.5 Å². The van der Waals surface area contributed by atoms with Crippen molar-refractivity contribution in [3.8, 4) is 0 Å². The average molecular weight is 360 g/mol. The fourth-order valence-electron chi connectivity index (χ4n) is 1.28. The smallest absolute Gasteiger partial charge is 0.304 e. The number of hydrogen-bond acceptors (Lipinski definition) is 3. The second-order valence-corrected chi connectivity index (χ2v) is 5.45. The Hall–Kier alpha value is -1.15. The van der Waals surface area contributed by atoms with E-state index in [1.807, 2.05) is 12.1 Å². The molecule has 0 aliphatic carbocycles. The Bertz CT molecular complexity index is 574. The van der Waals surface area contributed by atoms with E-state index >= 15 is 0 Å². The molecule has 0 bridgehead atoms. The summed E-state index contributed by atoms with van der Waals surface area (Å²) in [6, 6.07) is 7.30. The molecule has 0 spiro atoms. The van der Waals surface area contributed by atoms with Gasteiger partial charge in [0.15, 0.2) is 0 Å². The minimum absolute atomic E-state index is 0.108. The van der Waals surface area contributed by atoms with Crippen LogP contribution < -0.4 is 10.2 Å². The van der Waals surface area contributed by atoms with E-state index in [9.17, 15) is 9.59 Å². The van der Waals surface area contributed by atoms with Crippen LogP contribution in [0.1, 0.15) is 16.1 Å². The van der Waals surface area contributed by atoms with Gasteiger partial charge in [-0.1, -0.05) is 11.3 Å². The van der Waals surface area contributed by atoms with E-state index in [-0.39, 0.29) is 10.8 Å². The highest BCUT2D eigenvalue weighted by molar-refractivity contribution is 14.1. The van der Waals surface area contributed by atoms with Gasteiger partial charge in [0.05, 0.1) is 6.54 Å². The molecule has 1 aromatic carbocycles. The lowest BCUT2D eigenvalue weighted by Gasteiger charge is -2.03. The van der Waals surface area contributed by atoms with E-state index in [4.69, 9.17) is 0 Å². The highest BCUT2D eigenvalue weighted by Gasteiger charge is 2.05. The van der Waals surface area contributed by atoms with Crippen LogP contribution in [0.25, 0.3) is 0 Å². The average Bonchev–Trinajstić information content (AvgIpc) is 2.73. The summed E-state index contributed by atoms with van der Waals surface area (Å²) >= 11 is 3.27. The van der Waals surface area contributed by atoms with E-state index in [0.29, 0.717) is 12.1 Å². The van der Waals surface area contributed by atoms with Crippen molar-refractivity contribution >= 4 is 39.8 Å². The number of amides is 1. The van der Waals surface area contributed by atoms with Gasteiger partial charge >= 0.3 is 4.87 Å². The number of rotatable bonds is 3. The van der Waals surface area contributed by atoms with Crippen LogP contribution in [0.5, 0.6) is 0 Å². The van der Waals surface area contributed by atoms with Gasteiger partial charge in [-0.15, -0.1) is 0 Å². The molecule has 0 aliphatic heterocycles. The predicted octanol–water partition coefficient (Wildman–Crippen LogP) is 1.97. The molecule has 0 unspecified atom stereocenters. The number of H-pyrrole nitrogens is 1. The third-order valence-electron chi connectivity index (χ3n) is 2.12. The molecule has 0 fully saturated rings. The first kappa shape index (κ1) is 12.3. The van der Waals surface area contributed by atoms with Crippen LogP contribution in [0.4, 0.5) is 0 Å². The molecule has 1 heterocycles. The molecule has 6 heteroatoms. The molecule has 88 valence electrons. The van der Waals surface area contributed by atoms with Crippen LogP contribution in [-0.2, 0) is 6.54 Å². The number of carbonyl (C=O) groups is 1. The Morgan fingerprint density at radius 2 is 2.06 bits per heavy atom. The van der Waals surface area contributed by atoms with Gasteiger partial charge in [-0.3, -0.25) is 9.59 Å². The topological polar surface area (TPSA) is 62.0 Å². The second-order valence-electron chi connectivity index (χ2n) is 3.36. The van der Waals surface area contributed by atoms with Gasteiger partial charge < -0.3 is 10.3 Å². The highest BCUT2D eigenvalue weighted by atomic mass is 127. The van der Waals surface area contributed by atoms with Gasteiger partial charge in [-0.25, -0.2) is 0 Å². The Kier molecular flexibility index (Phi) is 3.95. The number of carbonyl (C=O) groups excluding carboxylic acids is 1. The van der Waals surface area contributed by atoms with Crippen molar-refractivity contribution in [3.63, 3.8) is 0 Å².